The molecule has 1 unspecified atom stereocenters. The first-order valence-corrected chi connectivity index (χ1v) is 7.61. The molecule has 2 rings (SSSR count). The van der Waals surface area contributed by atoms with Crippen molar-refractivity contribution in [3.63, 3.8) is 0 Å². The van der Waals surface area contributed by atoms with E-state index in [1.165, 1.54) is 0 Å². The van der Waals surface area contributed by atoms with E-state index in [-0.39, 0.29) is 49.3 Å². The number of amides is 1. The van der Waals surface area contributed by atoms with Gasteiger partial charge < -0.3 is 14.4 Å². The Labute approximate surface area is 168 Å². The van der Waals surface area contributed by atoms with E-state index in [2.05, 4.69) is 28.7 Å². The normalized spacial score (nSPS) is 18.1. The summed E-state index contributed by atoms with van der Waals surface area (Å²) in [6.45, 7) is 0.166. The molecule has 0 saturated carbocycles. The van der Waals surface area contributed by atoms with Crippen molar-refractivity contribution >= 4 is 45.8 Å². The molecule has 21 heavy (non-hydrogen) atoms. The van der Waals surface area contributed by atoms with Crippen LogP contribution in [0.4, 0.5) is 0 Å². The van der Waals surface area contributed by atoms with E-state index in [0.29, 0.717) is 22.9 Å². The van der Waals surface area contributed by atoms with Gasteiger partial charge in [0.2, 0.25) is 5.91 Å². The van der Waals surface area contributed by atoms with Crippen molar-refractivity contribution in [1.82, 2.24) is 4.90 Å². The van der Waals surface area contributed by atoms with Gasteiger partial charge in [0.15, 0.2) is 6.79 Å². The first-order valence-electron chi connectivity index (χ1n) is 5.98. The summed E-state index contributed by atoms with van der Waals surface area (Å²) >= 11 is 8.39. The van der Waals surface area contributed by atoms with Crippen LogP contribution in [0.25, 0.3) is 5.70 Å². The number of nitrogens with zero attached hydrogens (tertiary/aromatic N) is 1. The first-order chi connectivity index (χ1) is 9.54. The Morgan fingerprint density at radius 2 is 2.24 bits per heavy atom. The topological polar surface area (TPSA) is 38.8 Å². The van der Waals surface area contributed by atoms with E-state index in [0.717, 1.165) is 5.56 Å². The number of hydrogen-bond donors (Lipinski definition) is 0. The zero-order valence-corrected chi connectivity index (χ0v) is 17.5. The molecule has 0 fully saturated rings. The molecule has 0 spiro atoms. The summed E-state index contributed by atoms with van der Waals surface area (Å²) < 4.78 is 10.1. The standard InChI is InChI=1S/C14H14ClINO3.Y/c1-17-13(6-5-12(16)14(17)18)10-4-3-9(7-11(10)15)20-8-19-2;/h3-4,7,12H,5,8H2,1-2H3;/q-1;. The fourth-order valence-corrected chi connectivity index (χ4v) is 2.79. The van der Waals surface area contributed by atoms with Gasteiger partial charge in [-0.25, -0.2) is 6.08 Å². The third-order valence-corrected chi connectivity index (χ3v) is 4.21. The smallest absolute Gasteiger partial charge is 0.235 e. The monoisotopic (exact) mass is 495 g/mol. The number of carbonyl (C=O) groups excluding carboxylic acids is 1. The van der Waals surface area contributed by atoms with Crippen molar-refractivity contribution in [2.24, 2.45) is 0 Å². The van der Waals surface area contributed by atoms with Gasteiger partial charge in [-0.3, -0.25) is 4.79 Å². The van der Waals surface area contributed by atoms with Gasteiger partial charge in [0.05, 0.1) is 3.92 Å². The van der Waals surface area contributed by atoms with Gasteiger partial charge in [0, 0.05) is 46.9 Å². The summed E-state index contributed by atoms with van der Waals surface area (Å²) in [4.78, 5) is 13.6. The molecule has 0 aromatic heterocycles. The van der Waals surface area contributed by atoms with Crippen LogP contribution in [0.15, 0.2) is 18.2 Å². The molecule has 7 heteroatoms. The van der Waals surface area contributed by atoms with Crippen LogP contribution >= 0.6 is 34.2 Å². The van der Waals surface area contributed by atoms with Crippen molar-refractivity contribution in [2.75, 3.05) is 21.0 Å². The van der Waals surface area contributed by atoms with Crippen LogP contribution in [0, 0.1) is 6.08 Å². The van der Waals surface area contributed by atoms with Gasteiger partial charge >= 0.3 is 0 Å². The Morgan fingerprint density at radius 3 is 2.86 bits per heavy atom. The van der Waals surface area contributed by atoms with E-state index in [9.17, 15) is 4.79 Å². The first kappa shape index (κ1) is 19.4. The molecule has 1 aliphatic heterocycles. The van der Waals surface area contributed by atoms with Crippen molar-refractivity contribution in [2.45, 2.75) is 10.3 Å². The predicted molar refractivity (Wildman–Crippen MR) is 85.8 cm³/mol. The van der Waals surface area contributed by atoms with Crippen molar-refractivity contribution < 1.29 is 47.0 Å². The summed E-state index contributed by atoms with van der Waals surface area (Å²) in [7, 11) is 3.29. The van der Waals surface area contributed by atoms with Crippen LogP contribution in [0.3, 0.4) is 0 Å². The predicted octanol–water partition coefficient (Wildman–Crippen LogP) is 3.13. The SMILES string of the molecule is COCOc1ccc(C2=[C-]CC(I)C(=O)N2C)c(Cl)c1.[Y]. The number of ether oxygens (including phenoxy) is 2. The second kappa shape index (κ2) is 8.82. The summed E-state index contributed by atoms with van der Waals surface area (Å²) in [6, 6.07) is 5.33. The van der Waals surface area contributed by atoms with E-state index >= 15 is 0 Å². The van der Waals surface area contributed by atoms with Crippen molar-refractivity contribution in [3.05, 3.63) is 34.9 Å². The number of hydrogen-bond acceptors (Lipinski definition) is 3. The Balaban J connectivity index is 0.00000220. The van der Waals surface area contributed by atoms with Crippen molar-refractivity contribution in [3.8, 4) is 5.75 Å². The van der Waals surface area contributed by atoms with Gasteiger partial charge in [-0.15, -0.1) is 28.9 Å². The molecule has 1 heterocycles. The molecule has 0 N–H and O–H groups in total. The Hall–Kier alpha value is 0.314. The summed E-state index contributed by atoms with van der Waals surface area (Å²) in [5.41, 5.74) is 1.49. The van der Waals surface area contributed by atoms with E-state index in [1.54, 1.807) is 31.2 Å². The maximum absolute atomic E-state index is 12.0. The van der Waals surface area contributed by atoms with Crippen molar-refractivity contribution in [1.29, 1.82) is 0 Å². The summed E-state index contributed by atoms with van der Waals surface area (Å²) in [6.07, 6.45) is 3.83. The second-order valence-corrected chi connectivity index (χ2v) is 6.20. The molecule has 1 aromatic carbocycles. The molecule has 1 amide bonds. The molecule has 0 saturated heterocycles. The number of alkyl halides is 1. The maximum Gasteiger partial charge on any atom is 0.235 e. The molecular weight excluding hydrogens is 481 g/mol. The largest absolute Gasteiger partial charge is 0.468 e. The average Bonchev–Trinajstić information content (AvgIpc) is 2.44. The average molecular weight is 496 g/mol. The van der Waals surface area contributed by atoms with Crippen LogP contribution in [0.5, 0.6) is 5.75 Å². The Morgan fingerprint density at radius 1 is 1.52 bits per heavy atom. The molecule has 1 aliphatic rings. The minimum atomic E-state index is -0.0653. The molecular formula is C14H14ClINO3Y-. The number of benzene rings is 1. The summed E-state index contributed by atoms with van der Waals surface area (Å²) in [5, 5.41) is 0.521. The zero-order chi connectivity index (χ0) is 14.7. The van der Waals surface area contributed by atoms with Gasteiger partial charge in [0.25, 0.3) is 0 Å². The second-order valence-electron chi connectivity index (χ2n) is 4.29. The zero-order valence-electron chi connectivity index (χ0n) is 11.7. The summed E-state index contributed by atoms with van der Waals surface area (Å²) in [5.74, 6) is 0.688. The number of halogens is 2. The third kappa shape index (κ3) is 4.64. The third-order valence-electron chi connectivity index (χ3n) is 2.92. The fraction of sp³-hybridized carbons (Fsp3) is 0.357. The Bertz CT molecular complexity index is 553. The van der Waals surface area contributed by atoms with Gasteiger partial charge in [-0.2, -0.15) is 0 Å². The minimum absolute atomic E-state index is 0. The quantitative estimate of drug-likeness (QED) is 0.279. The number of methoxy groups -OCH3 is 1. The van der Waals surface area contributed by atoms with Crippen LogP contribution in [-0.4, -0.2) is 35.7 Å². The van der Waals surface area contributed by atoms with Crippen LogP contribution in [0.2, 0.25) is 5.02 Å². The molecule has 4 nitrogen and oxygen atoms in total. The number of allylic oxidation sites excluding steroid dienone is 1. The fourth-order valence-electron chi connectivity index (χ4n) is 1.89. The number of rotatable bonds is 4. The minimum Gasteiger partial charge on any atom is -0.468 e. The van der Waals surface area contributed by atoms with E-state index in [4.69, 9.17) is 21.1 Å². The van der Waals surface area contributed by atoms with Crippen LogP contribution < -0.4 is 4.74 Å². The van der Waals surface area contributed by atoms with Gasteiger partial charge in [-0.05, 0) is 17.2 Å². The molecule has 1 aromatic rings. The van der Waals surface area contributed by atoms with E-state index < -0.39 is 0 Å². The van der Waals surface area contributed by atoms with Crippen LogP contribution in [-0.2, 0) is 42.2 Å². The Kier molecular flexibility index (Phi) is 8.13. The molecule has 0 bridgehead atoms. The van der Waals surface area contributed by atoms with Gasteiger partial charge in [0.1, 0.15) is 5.75 Å². The molecule has 0 aliphatic carbocycles. The van der Waals surface area contributed by atoms with E-state index in [1.807, 2.05) is 6.07 Å². The van der Waals surface area contributed by atoms with Gasteiger partial charge in [-0.1, -0.05) is 29.0 Å². The molecule has 1 radical (unpaired) electrons. The van der Waals surface area contributed by atoms with Crippen LogP contribution in [0.1, 0.15) is 12.0 Å². The molecule has 111 valence electrons. The maximum atomic E-state index is 12.0. The molecule has 1 atom stereocenters. The number of carbonyl (C=O) groups is 1.